The van der Waals surface area contributed by atoms with Gasteiger partial charge >= 0.3 is 0 Å². The highest BCUT2D eigenvalue weighted by molar-refractivity contribution is 5.68. The Balaban J connectivity index is 2.45. The molecule has 18 heavy (non-hydrogen) atoms. The maximum Gasteiger partial charge on any atom is 0.0576 e. The lowest BCUT2D eigenvalue weighted by molar-refractivity contribution is 0.424. The molecule has 0 atom stereocenters. The molecule has 1 aromatic carbocycles. The van der Waals surface area contributed by atoms with Crippen LogP contribution in [-0.4, -0.2) is 64.2 Å². The van der Waals surface area contributed by atoms with Gasteiger partial charge in [-0.25, -0.2) is 0 Å². The van der Waals surface area contributed by atoms with Gasteiger partial charge in [0.05, 0.1) is 11.4 Å². The second-order valence-corrected chi connectivity index (χ2v) is 5.01. The Morgan fingerprint density at radius 2 is 1.17 bits per heavy atom. The lowest BCUT2D eigenvalue weighted by Crippen LogP contribution is -2.22. The van der Waals surface area contributed by atoms with Crippen LogP contribution < -0.4 is 10.6 Å². The summed E-state index contributed by atoms with van der Waals surface area (Å²) in [7, 11) is 8.34. The van der Waals surface area contributed by atoms with Crippen LogP contribution in [0.25, 0.3) is 0 Å². The molecule has 0 heterocycles. The molecule has 0 spiro atoms. The monoisotopic (exact) mass is 250 g/mol. The molecular formula is C14H26N4. The van der Waals surface area contributed by atoms with Gasteiger partial charge in [-0.05, 0) is 40.3 Å². The maximum absolute atomic E-state index is 3.46. The van der Waals surface area contributed by atoms with Crippen LogP contribution in [0, 0.1) is 0 Å². The number of hydrogen-bond donors (Lipinski definition) is 2. The van der Waals surface area contributed by atoms with Gasteiger partial charge in [0.2, 0.25) is 0 Å². The van der Waals surface area contributed by atoms with Gasteiger partial charge in [0.15, 0.2) is 0 Å². The molecule has 4 nitrogen and oxygen atoms in total. The molecule has 0 radical (unpaired) electrons. The fraction of sp³-hybridized carbons (Fsp3) is 0.571. The number of nitrogens with zero attached hydrogens (tertiary/aromatic N) is 2. The SMILES string of the molecule is CN(C)CCNc1ccccc1NCCN(C)C. The molecule has 0 aromatic heterocycles. The van der Waals surface area contributed by atoms with E-state index in [2.05, 4.69) is 72.9 Å². The molecule has 0 aliphatic rings. The first-order valence-electron chi connectivity index (χ1n) is 6.46. The van der Waals surface area contributed by atoms with Crippen molar-refractivity contribution in [3.05, 3.63) is 24.3 Å². The van der Waals surface area contributed by atoms with E-state index in [0.717, 1.165) is 26.2 Å². The number of nitrogens with one attached hydrogen (secondary N) is 2. The van der Waals surface area contributed by atoms with Crippen LogP contribution in [0.15, 0.2) is 24.3 Å². The molecule has 0 saturated carbocycles. The van der Waals surface area contributed by atoms with Crippen LogP contribution in [0.5, 0.6) is 0 Å². The smallest absolute Gasteiger partial charge is 0.0576 e. The van der Waals surface area contributed by atoms with Gasteiger partial charge in [0.25, 0.3) is 0 Å². The quantitative estimate of drug-likeness (QED) is 0.734. The number of likely N-dealkylation sites (N-methyl/N-ethyl adjacent to an activating group) is 2. The Morgan fingerprint density at radius 1 is 0.778 bits per heavy atom. The fourth-order valence-corrected chi connectivity index (χ4v) is 1.62. The van der Waals surface area contributed by atoms with Crippen molar-refractivity contribution in [2.45, 2.75) is 0 Å². The van der Waals surface area contributed by atoms with Crippen LogP contribution in [0.3, 0.4) is 0 Å². The van der Waals surface area contributed by atoms with Crippen molar-refractivity contribution < 1.29 is 0 Å². The van der Waals surface area contributed by atoms with Crippen molar-refractivity contribution >= 4 is 11.4 Å². The molecule has 1 rings (SSSR count). The molecule has 0 aliphatic carbocycles. The van der Waals surface area contributed by atoms with Crippen LogP contribution in [0.2, 0.25) is 0 Å². The molecular weight excluding hydrogens is 224 g/mol. The Hall–Kier alpha value is -1.26. The zero-order chi connectivity index (χ0) is 13.4. The first-order valence-corrected chi connectivity index (χ1v) is 6.46. The Kier molecular flexibility index (Phi) is 6.54. The average Bonchev–Trinajstić information content (AvgIpc) is 2.30. The van der Waals surface area contributed by atoms with E-state index in [-0.39, 0.29) is 0 Å². The predicted molar refractivity (Wildman–Crippen MR) is 80.5 cm³/mol. The number of para-hydroxylation sites is 2. The van der Waals surface area contributed by atoms with E-state index in [9.17, 15) is 0 Å². The van der Waals surface area contributed by atoms with E-state index >= 15 is 0 Å². The molecule has 0 fully saturated rings. The number of hydrogen-bond acceptors (Lipinski definition) is 4. The highest BCUT2D eigenvalue weighted by Crippen LogP contribution is 2.20. The molecule has 0 aliphatic heterocycles. The summed E-state index contributed by atoms with van der Waals surface area (Å²) in [5, 5.41) is 6.93. The number of benzene rings is 1. The second-order valence-electron chi connectivity index (χ2n) is 5.01. The zero-order valence-corrected chi connectivity index (χ0v) is 12.0. The van der Waals surface area contributed by atoms with E-state index in [1.54, 1.807) is 0 Å². The Bertz CT molecular complexity index is 303. The van der Waals surface area contributed by atoms with Gasteiger partial charge in [0.1, 0.15) is 0 Å². The van der Waals surface area contributed by atoms with Crippen molar-refractivity contribution in [1.82, 2.24) is 9.80 Å². The molecule has 0 bridgehead atoms. The van der Waals surface area contributed by atoms with Crippen molar-refractivity contribution in [1.29, 1.82) is 0 Å². The highest BCUT2D eigenvalue weighted by Gasteiger charge is 2.00. The fourth-order valence-electron chi connectivity index (χ4n) is 1.62. The van der Waals surface area contributed by atoms with Crippen LogP contribution in [-0.2, 0) is 0 Å². The van der Waals surface area contributed by atoms with Crippen molar-refractivity contribution in [3.63, 3.8) is 0 Å². The van der Waals surface area contributed by atoms with Crippen LogP contribution >= 0.6 is 0 Å². The van der Waals surface area contributed by atoms with Gasteiger partial charge in [-0.15, -0.1) is 0 Å². The van der Waals surface area contributed by atoms with E-state index in [1.165, 1.54) is 11.4 Å². The minimum Gasteiger partial charge on any atom is -0.382 e. The average molecular weight is 250 g/mol. The number of anilines is 2. The summed E-state index contributed by atoms with van der Waals surface area (Å²) in [4.78, 5) is 4.35. The first kappa shape index (κ1) is 14.8. The summed E-state index contributed by atoms with van der Waals surface area (Å²) in [6.07, 6.45) is 0. The minimum absolute atomic E-state index is 0.958. The summed E-state index contributed by atoms with van der Waals surface area (Å²) < 4.78 is 0. The van der Waals surface area contributed by atoms with Crippen molar-refractivity contribution in [2.24, 2.45) is 0 Å². The van der Waals surface area contributed by atoms with E-state index in [4.69, 9.17) is 0 Å². The minimum atomic E-state index is 0.958. The third kappa shape index (κ3) is 5.89. The summed E-state index contributed by atoms with van der Waals surface area (Å²) in [5.41, 5.74) is 2.36. The van der Waals surface area contributed by atoms with E-state index in [0.29, 0.717) is 0 Å². The third-order valence-electron chi connectivity index (χ3n) is 2.68. The third-order valence-corrected chi connectivity index (χ3v) is 2.68. The van der Waals surface area contributed by atoms with Crippen LogP contribution in [0.1, 0.15) is 0 Å². The summed E-state index contributed by atoms with van der Waals surface area (Å²) >= 11 is 0. The van der Waals surface area contributed by atoms with E-state index < -0.39 is 0 Å². The highest BCUT2D eigenvalue weighted by atomic mass is 15.1. The standard InChI is InChI=1S/C14H26N4/c1-17(2)11-9-15-13-7-5-6-8-14(13)16-10-12-18(3)4/h5-8,15-16H,9-12H2,1-4H3. The Morgan fingerprint density at radius 3 is 1.50 bits per heavy atom. The Labute approximate surface area is 111 Å². The molecule has 0 unspecified atom stereocenters. The van der Waals surface area contributed by atoms with Gasteiger partial charge in [-0.1, -0.05) is 12.1 Å². The lowest BCUT2D eigenvalue weighted by Gasteiger charge is -2.16. The molecule has 0 saturated heterocycles. The van der Waals surface area contributed by atoms with Crippen molar-refractivity contribution in [3.8, 4) is 0 Å². The summed E-state index contributed by atoms with van der Waals surface area (Å²) in [6, 6.07) is 8.37. The van der Waals surface area contributed by atoms with Crippen molar-refractivity contribution in [2.75, 3.05) is 65.0 Å². The summed E-state index contributed by atoms with van der Waals surface area (Å²) in [6.45, 7) is 3.98. The lowest BCUT2D eigenvalue weighted by atomic mass is 10.2. The predicted octanol–water partition coefficient (Wildman–Crippen LogP) is 1.63. The second kappa shape index (κ2) is 7.95. The maximum atomic E-state index is 3.46. The molecule has 4 heteroatoms. The molecule has 102 valence electrons. The molecule has 2 N–H and O–H groups in total. The molecule has 0 amide bonds. The van der Waals surface area contributed by atoms with Gasteiger partial charge < -0.3 is 20.4 Å². The largest absolute Gasteiger partial charge is 0.382 e. The number of rotatable bonds is 8. The van der Waals surface area contributed by atoms with Crippen LogP contribution in [0.4, 0.5) is 11.4 Å². The zero-order valence-electron chi connectivity index (χ0n) is 12.0. The van der Waals surface area contributed by atoms with Gasteiger partial charge in [-0.2, -0.15) is 0 Å². The van der Waals surface area contributed by atoms with Gasteiger partial charge in [0, 0.05) is 26.2 Å². The first-order chi connectivity index (χ1) is 8.59. The normalized spacial score (nSPS) is 11.0. The topological polar surface area (TPSA) is 30.5 Å². The summed E-state index contributed by atoms with van der Waals surface area (Å²) in [5.74, 6) is 0. The van der Waals surface area contributed by atoms with Gasteiger partial charge in [-0.3, -0.25) is 0 Å². The molecule has 1 aromatic rings. The van der Waals surface area contributed by atoms with E-state index in [1.807, 2.05) is 0 Å².